The van der Waals surface area contributed by atoms with E-state index in [1.807, 2.05) is 17.0 Å². The summed E-state index contributed by atoms with van der Waals surface area (Å²) in [7, 11) is 0. The fourth-order valence-electron chi connectivity index (χ4n) is 3.19. The molecule has 1 N–H and O–H groups in total. The molecule has 3 aromatic rings. The maximum Gasteiger partial charge on any atom is 0.226 e. The molecule has 4 heterocycles. The van der Waals surface area contributed by atoms with Crippen molar-refractivity contribution < 1.29 is 14.4 Å². The summed E-state index contributed by atoms with van der Waals surface area (Å²) in [5.74, 6) is 1.12. The molecule has 0 aliphatic carbocycles. The number of amides is 1. The first-order valence-electron chi connectivity index (χ1n) is 8.90. The number of aromatic nitrogens is 5. The van der Waals surface area contributed by atoms with Gasteiger partial charge in [-0.2, -0.15) is 10.1 Å². The number of nitrogens with zero attached hydrogens (tertiary/aromatic N) is 6. The summed E-state index contributed by atoms with van der Waals surface area (Å²) in [6.07, 6.45) is 6.76. The normalized spacial score (nSPS) is 13.1. The largest absolute Gasteiger partial charge is 0.394 e. The van der Waals surface area contributed by atoms with E-state index < -0.39 is 0 Å². The molecule has 140 valence electrons. The minimum absolute atomic E-state index is 0.0350. The van der Waals surface area contributed by atoms with Crippen molar-refractivity contribution in [1.29, 1.82) is 0 Å². The van der Waals surface area contributed by atoms with Gasteiger partial charge in [-0.15, -0.1) is 0 Å². The first kappa shape index (κ1) is 17.3. The summed E-state index contributed by atoms with van der Waals surface area (Å²) in [6, 6.07) is 3.69. The number of fused-ring (bicyclic) bond motifs is 1. The SMILES string of the molecule is O=C(CCCc1nc(-c2cccnc2)no1)N1Cc2cnn(CCO)c2C1. The monoisotopic (exact) mass is 368 g/mol. The number of aliphatic hydroxyl groups is 1. The van der Waals surface area contributed by atoms with Crippen molar-refractivity contribution in [3.8, 4) is 11.4 Å². The highest BCUT2D eigenvalue weighted by Crippen LogP contribution is 2.23. The standard InChI is InChI=1S/C18H20N6O3/c25-8-7-24-15-12-23(11-14(15)10-20-24)17(26)5-1-4-16-21-18(22-27-16)13-3-2-6-19-9-13/h2-3,6,9-10,25H,1,4-5,7-8,11-12H2. The van der Waals surface area contributed by atoms with Gasteiger partial charge in [-0.05, 0) is 18.6 Å². The van der Waals surface area contributed by atoms with Gasteiger partial charge in [-0.25, -0.2) is 0 Å². The highest BCUT2D eigenvalue weighted by molar-refractivity contribution is 5.76. The van der Waals surface area contributed by atoms with E-state index in [4.69, 9.17) is 9.63 Å². The maximum absolute atomic E-state index is 12.5. The summed E-state index contributed by atoms with van der Waals surface area (Å²) >= 11 is 0. The van der Waals surface area contributed by atoms with E-state index in [9.17, 15) is 4.79 Å². The molecule has 0 unspecified atom stereocenters. The van der Waals surface area contributed by atoms with Crippen molar-refractivity contribution in [3.05, 3.63) is 47.9 Å². The van der Waals surface area contributed by atoms with Crippen molar-refractivity contribution >= 4 is 5.91 Å². The van der Waals surface area contributed by atoms with Gasteiger partial charge < -0.3 is 14.5 Å². The molecule has 0 saturated heterocycles. The first-order chi connectivity index (χ1) is 13.2. The molecule has 1 amide bonds. The number of carbonyl (C=O) groups is 1. The molecule has 0 atom stereocenters. The molecule has 0 saturated carbocycles. The second-order valence-electron chi connectivity index (χ2n) is 6.42. The van der Waals surface area contributed by atoms with Gasteiger partial charge in [0.25, 0.3) is 0 Å². The number of hydrogen-bond acceptors (Lipinski definition) is 7. The Hall–Kier alpha value is -3.07. The van der Waals surface area contributed by atoms with Crippen LogP contribution in [0.3, 0.4) is 0 Å². The highest BCUT2D eigenvalue weighted by Gasteiger charge is 2.26. The number of aliphatic hydroxyl groups excluding tert-OH is 1. The lowest BCUT2D eigenvalue weighted by atomic mass is 10.2. The van der Waals surface area contributed by atoms with Crippen molar-refractivity contribution in [2.75, 3.05) is 6.61 Å². The highest BCUT2D eigenvalue weighted by atomic mass is 16.5. The molecule has 1 aliphatic rings. The summed E-state index contributed by atoms with van der Waals surface area (Å²) in [6.45, 7) is 1.60. The van der Waals surface area contributed by atoms with Crippen LogP contribution in [0.25, 0.3) is 11.4 Å². The Bertz CT molecular complexity index is 920. The van der Waals surface area contributed by atoms with Crippen LogP contribution in [0.15, 0.2) is 35.2 Å². The molecule has 0 aromatic carbocycles. The molecule has 27 heavy (non-hydrogen) atoms. The Morgan fingerprint density at radius 2 is 2.22 bits per heavy atom. The van der Waals surface area contributed by atoms with Crippen LogP contribution >= 0.6 is 0 Å². The lowest BCUT2D eigenvalue weighted by Gasteiger charge is -2.15. The Balaban J connectivity index is 1.28. The second kappa shape index (κ2) is 7.67. The molecular formula is C18H20N6O3. The Labute approximate surface area is 155 Å². The number of rotatable bonds is 7. The van der Waals surface area contributed by atoms with Gasteiger partial charge >= 0.3 is 0 Å². The third kappa shape index (κ3) is 3.72. The van der Waals surface area contributed by atoms with Crippen LogP contribution in [0, 0.1) is 0 Å². The van der Waals surface area contributed by atoms with E-state index in [-0.39, 0.29) is 12.5 Å². The Morgan fingerprint density at radius 1 is 1.30 bits per heavy atom. The van der Waals surface area contributed by atoms with E-state index in [0.29, 0.717) is 50.6 Å². The first-order valence-corrected chi connectivity index (χ1v) is 8.90. The predicted molar refractivity (Wildman–Crippen MR) is 94.0 cm³/mol. The van der Waals surface area contributed by atoms with Gasteiger partial charge in [0.15, 0.2) is 0 Å². The van der Waals surface area contributed by atoms with Gasteiger partial charge in [-0.1, -0.05) is 5.16 Å². The van der Waals surface area contributed by atoms with Crippen molar-refractivity contribution in [1.82, 2.24) is 29.8 Å². The summed E-state index contributed by atoms with van der Waals surface area (Å²) < 4.78 is 7.02. The second-order valence-corrected chi connectivity index (χ2v) is 6.42. The zero-order chi connectivity index (χ0) is 18.6. The van der Waals surface area contributed by atoms with E-state index in [1.165, 1.54) is 0 Å². The van der Waals surface area contributed by atoms with Gasteiger partial charge in [0.2, 0.25) is 17.6 Å². The third-order valence-electron chi connectivity index (χ3n) is 4.57. The van der Waals surface area contributed by atoms with Crippen LogP contribution in [-0.4, -0.2) is 47.4 Å². The van der Waals surface area contributed by atoms with Crippen LogP contribution in [-0.2, 0) is 30.8 Å². The number of carbonyl (C=O) groups excluding carboxylic acids is 1. The van der Waals surface area contributed by atoms with E-state index in [2.05, 4.69) is 20.2 Å². The molecule has 3 aromatic heterocycles. The van der Waals surface area contributed by atoms with Crippen LogP contribution in [0.4, 0.5) is 0 Å². The zero-order valence-electron chi connectivity index (χ0n) is 14.8. The molecule has 0 bridgehead atoms. The molecule has 9 nitrogen and oxygen atoms in total. The lowest BCUT2D eigenvalue weighted by molar-refractivity contribution is -0.132. The molecule has 0 spiro atoms. The van der Waals surface area contributed by atoms with E-state index >= 15 is 0 Å². The van der Waals surface area contributed by atoms with E-state index in [0.717, 1.165) is 16.8 Å². The molecule has 0 fully saturated rings. The van der Waals surface area contributed by atoms with Crippen molar-refractivity contribution in [2.45, 2.75) is 38.9 Å². The predicted octanol–water partition coefficient (Wildman–Crippen LogP) is 1.19. The van der Waals surface area contributed by atoms with Crippen molar-refractivity contribution in [2.24, 2.45) is 0 Å². The molecule has 9 heteroatoms. The van der Waals surface area contributed by atoms with Gasteiger partial charge in [0.1, 0.15) is 0 Å². The van der Waals surface area contributed by atoms with E-state index in [1.54, 1.807) is 23.3 Å². The third-order valence-corrected chi connectivity index (χ3v) is 4.57. The lowest BCUT2D eigenvalue weighted by Crippen LogP contribution is -2.26. The summed E-state index contributed by atoms with van der Waals surface area (Å²) in [5, 5.41) is 17.3. The molecule has 4 rings (SSSR count). The number of aryl methyl sites for hydroxylation is 1. The number of hydrogen-bond donors (Lipinski definition) is 1. The van der Waals surface area contributed by atoms with Crippen LogP contribution in [0.5, 0.6) is 0 Å². The minimum atomic E-state index is 0.0350. The summed E-state index contributed by atoms with van der Waals surface area (Å²) in [4.78, 5) is 22.7. The van der Waals surface area contributed by atoms with Gasteiger partial charge in [0, 0.05) is 42.9 Å². The average Bonchev–Trinajstić information content (AvgIpc) is 3.40. The molecule has 1 aliphatic heterocycles. The molecule has 0 radical (unpaired) electrons. The Morgan fingerprint density at radius 3 is 3.04 bits per heavy atom. The fourth-order valence-corrected chi connectivity index (χ4v) is 3.19. The van der Waals surface area contributed by atoms with Gasteiger partial charge in [-0.3, -0.25) is 14.5 Å². The fraction of sp³-hybridized carbons (Fsp3) is 0.389. The molecular weight excluding hydrogens is 348 g/mol. The maximum atomic E-state index is 12.5. The minimum Gasteiger partial charge on any atom is -0.394 e. The number of pyridine rings is 1. The van der Waals surface area contributed by atoms with Crippen LogP contribution < -0.4 is 0 Å². The topological polar surface area (TPSA) is 110 Å². The van der Waals surface area contributed by atoms with Crippen LogP contribution in [0.1, 0.15) is 30.0 Å². The average molecular weight is 368 g/mol. The van der Waals surface area contributed by atoms with Gasteiger partial charge in [0.05, 0.1) is 31.6 Å². The zero-order valence-corrected chi connectivity index (χ0v) is 14.8. The van der Waals surface area contributed by atoms with Crippen molar-refractivity contribution in [3.63, 3.8) is 0 Å². The summed E-state index contributed by atoms with van der Waals surface area (Å²) in [5.41, 5.74) is 2.86. The smallest absolute Gasteiger partial charge is 0.226 e. The Kier molecular flexibility index (Phi) is 4.93. The van der Waals surface area contributed by atoms with Crippen LogP contribution in [0.2, 0.25) is 0 Å². The quantitative estimate of drug-likeness (QED) is 0.667.